The summed E-state index contributed by atoms with van der Waals surface area (Å²) in [4.78, 5) is 32.1. The lowest BCUT2D eigenvalue weighted by molar-refractivity contribution is -0.137. The Kier molecular flexibility index (Phi) is 6.83. The number of benzene rings is 1. The molecule has 0 aromatic heterocycles. The number of esters is 1. The smallest absolute Gasteiger partial charge is 0.338 e. The SMILES string of the molecule is CCOC(=O)c1ccc(NC(=O)[C@@H](Br)[C@@H](Br)C(=O)O)cc1. The van der Waals surface area contributed by atoms with E-state index in [0.717, 1.165) is 0 Å². The van der Waals surface area contributed by atoms with Crippen molar-refractivity contribution in [1.29, 1.82) is 0 Å². The quantitative estimate of drug-likeness (QED) is 0.542. The van der Waals surface area contributed by atoms with Crippen molar-refractivity contribution in [1.82, 2.24) is 0 Å². The van der Waals surface area contributed by atoms with E-state index in [2.05, 4.69) is 37.2 Å². The molecule has 8 heteroatoms. The van der Waals surface area contributed by atoms with Crippen LogP contribution in [-0.2, 0) is 14.3 Å². The van der Waals surface area contributed by atoms with Gasteiger partial charge in [0.05, 0.1) is 12.2 Å². The Bertz CT molecular complexity index is 532. The van der Waals surface area contributed by atoms with Crippen LogP contribution in [0.5, 0.6) is 0 Å². The summed E-state index contributed by atoms with van der Waals surface area (Å²) in [6.07, 6.45) is 0. The average molecular weight is 423 g/mol. The summed E-state index contributed by atoms with van der Waals surface area (Å²) in [5, 5.41) is 11.4. The number of rotatable bonds is 6. The van der Waals surface area contributed by atoms with E-state index in [0.29, 0.717) is 11.3 Å². The van der Waals surface area contributed by atoms with Gasteiger partial charge in [0.15, 0.2) is 0 Å². The molecule has 0 heterocycles. The Morgan fingerprint density at radius 3 is 2.24 bits per heavy atom. The van der Waals surface area contributed by atoms with Crippen molar-refractivity contribution < 1.29 is 24.2 Å². The summed E-state index contributed by atoms with van der Waals surface area (Å²) in [5.41, 5.74) is 0.816. The molecule has 0 saturated carbocycles. The van der Waals surface area contributed by atoms with Gasteiger partial charge < -0.3 is 15.2 Å². The molecule has 1 aromatic rings. The van der Waals surface area contributed by atoms with Gasteiger partial charge in [-0.1, -0.05) is 31.9 Å². The van der Waals surface area contributed by atoms with Crippen LogP contribution in [0, 0.1) is 0 Å². The summed E-state index contributed by atoms with van der Waals surface area (Å²) in [6, 6.07) is 6.10. The van der Waals surface area contributed by atoms with Crippen LogP contribution in [0.2, 0.25) is 0 Å². The molecule has 0 unspecified atom stereocenters. The van der Waals surface area contributed by atoms with E-state index in [4.69, 9.17) is 9.84 Å². The lowest BCUT2D eigenvalue weighted by Crippen LogP contribution is -2.34. The van der Waals surface area contributed by atoms with Crippen LogP contribution in [0.1, 0.15) is 17.3 Å². The molecule has 1 rings (SSSR count). The van der Waals surface area contributed by atoms with E-state index < -0.39 is 27.5 Å². The van der Waals surface area contributed by atoms with Crippen LogP contribution in [0.15, 0.2) is 24.3 Å². The molecule has 21 heavy (non-hydrogen) atoms. The highest BCUT2D eigenvalue weighted by Crippen LogP contribution is 2.18. The fraction of sp³-hybridized carbons (Fsp3) is 0.308. The van der Waals surface area contributed by atoms with Crippen LogP contribution in [-0.4, -0.2) is 39.2 Å². The number of ether oxygens (including phenoxy) is 1. The fourth-order valence-electron chi connectivity index (χ4n) is 1.37. The number of alkyl halides is 2. The third-order valence-corrected chi connectivity index (χ3v) is 4.98. The summed E-state index contributed by atoms with van der Waals surface area (Å²) >= 11 is 5.91. The van der Waals surface area contributed by atoms with Gasteiger partial charge in [-0.15, -0.1) is 0 Å². The largest absolute Gasteiger partial charge is 0.480 e. The van der Waals surface area contributed by atoms with Crippen LogP contribution in [0.4, 0.5) is 5.69 Å². The van der Waals surface area contributed by atoms with Crippen molar-refractivity contribution >= 4 is 55.4 Å². The third kappa shape index (κ3) is 5.13. The van der Waals surface area contributed by atoms with Gasteiger partial charge in [0.2, 0.25) is 5.91 Å². The molecule has 0 aliphatic rings. The average Bonchev–Trinajstić information content (AvgIpc) is 2.46. The van der Waals surface area contributed by atoms with Gasteiger partial charge in [0.1, 0.15) is 9.65 Å². The van der Waals surface area contributed by atoms with Crippen molar-refractivity contribution in [3.8, 4) is 0 Å². The highest BCUT2D eigenvalue weighted by molar-refractivity contribution is 9.12. The summed E-state index contributed by atoms with van der Waals surface area (Å²) in [7, 11) is 0. The molecule has 0 aliphatic carbocycles. The topological polar surface area (TPSA) is 92.7 Å². The van der Waals surface area contributed by atoms with Gasteiger partial charge in [0.25, 0.3) is 0 Å². The van der Waals surface area contributed by atoms with E-state index in [9.17, 15) is 14.4 Å². The zero-order valence-corrected chi connectivity index (χ0v) is 14.2. The van der Waals surface area contributed by atoms with Crippen molar-refractivity contribution in [2.24, 2.45) is 0 Å². The second-order valence-electron chi connectivity index (χ2n) is 3.93. The first-order valence-corrected chi connectivity index (χ1v) is 7.79. The predicted molar refractivity (Wildman–Crippen MR) is 84.1 cm³/mol. The normalized spacial score (nSPS) is 13.1. The minimum atomic E-state index is -1.15. The Hall–Kier alpha value is -1.41. The molecule has 0 fully saturated rings. The maximum Gasteiger partial charge on any atom is 0.338 e. The number of carbonyl (C=O) groups is 3. The third-order valence-electron chi connectivity index (χ3n) is 2.41. The molecule has 6 nitrogen and oxygen atoms in total. The number of carboxylic acids is 1. The number of anilines is 1. The van der Waals surface area contributed by atoms with Crippen LogP contribution < -0.4 is 5.32 Å². The first-order chi connectivity index (χ1) is 9.86. The van der Waals surface area contributed by atoms with Crippen molar-refractivity contribution in [3.63, 3.8) is 0 Å². The maximum absolute atomic E-state index is 11.8. The Labute approximate surface area is 138 Å². The number of hydrogen-bond donors (Lipinski definition) is 2. The van der Waals surface area contributed by atoms with Gasteiger partial charge in [-0.2, -0.15) is 0 Å². The number of hydrogen-bond acceptors (Lipinski definition) is 4. The molecule has 0 aliphatic heterocycles. The second-order valence-corrected chi connectivity index (χ2v) is 5.90. The number of carbonyl (C=O) groups excluding carboxylic acids is 2. The van der Waals surface area contributed by atoms with E-state index in [1.54, 1.807) is 6.92 Å². The van der Waals surface area contributed by atoms with Gasteiger partial charge in [-0.3, -0.25) is 9.59 Å². The van der Waals surface area contributed by atoms with E-state index in [1.165, 1.54) is 24.3 Å². The molecule has 0 saturated heterocycles. The van der Waals surface area contributed by atoms with Gasteiger partial charge >= 0.3 is 11.9 Å². The zero-order chi connectivity index (χ0) is 16.0. The second kappa shape index (κ2) is 8.14. The molecule has 0 radical (unpaired) electrons. The van der Waals surface area contributed by atoms with E-state index >= 15 is 0 Å². The van der Waals surface area contributed by atoms with Crippen LogP contribution in [0.25, 0.3) is 0 Å². The lowest BCUT2D eigenvalue weighted by Gasteiger charge is -2.13. The van der Waals surface area contributed by atoms with Gasteiger partial charge in [-0.25, -0.2) is 4.79 Å². The number of halogens is 2. The van der Waals surface area contributed by atoms with Crippen LogP contribution in [0.3, 0.4) is 0 Å². The molecule has 2 N–H and O–H groups in total. The molecule has 0 spiro atoms. The molecule has 1 aromatic carbocycles. The number of carboxylic acid groups (broad SMARTS) is 1. The Balaban J connectivity index is 2.69. The first kappa shape index (κ1) is 17.6. The van der Waals surface area contributed by atoms with Crippen molar-refractivity contribution in [2.75, 3.05) is 11.9 Å². The van der Waals surface area contributed by atoms with Crippen LogP contribution >= 0.6 is 31.9 Å². The minimum absolute atomic E-state index is 0.282. The maximum atomic E-state index is 11.8. The van der Waals surface area contributed by atoms with Crippen molar-refractivity contribution in [2.45, 2.75) is 16.6 Å². The Morgan fingerprint density at radius 1 is 1.19 bits per heavy atom. The predicted octanol–water partition coefficient (Wildman–Crippen LogP) is 2.41. The molecule has 2 atom stereocenters. The van der Waals surface area contributed by atoms with E-state index in [1.807, 2.05) is 0 Å². The lowest BCUT2D eigenvalue weighted by atomic mass is 10.2. The summed E-state index contributed by atoms with van der Waals surface area (Å²) in [5.74, 6) is -2.10. The standard InChI is InChI=1S/C13H13Br2NO5/c1-2-21-13(20)7-3-5-8(6-4-7)16-11(17)9(14)10(15)12(18)19/h3-6,9-10H,2H2,1H3,(H,16,17)(H,18,19)/t9-,10+/m0/s1. The number of nitrogens with one attached hydrogen (secondary N) is 1. The van der Waals surface area contributed by atoms with E-state index in [-0.39, 0.29) is 6.61 Å². The zero-order valence-electron chi connectivity index (χ0n) is 11.0. The number of aliphatic carboxylic acids is 1. The summed E-state index contributed by atoms with van der Waals surface area (Å²) < 4.78 is 4.84. The van der Waals surface area contributed by atoms with Crippen molar-refractivity contribution in [3.05, 3.63) is 29.8 Å². The first-order valence-electron chi connectivity index (χ1n) is 5.95. The summed E-state index contributed by atoms with van der Waals surface area (Å²) in [6.45, 7) is 1.99. The molecular formula is C13H13Br2NO5. The van der Waals surface area contributed by atoms with Gasteiger partial charge in [0, 0.05) is 5.69 Å². The number of amides is 1. The highest BCUT2D eigenvalue weighted by atomic mass is 79.9. The molecular weight excluding hydrogens is 410 g/mol. The minimum Gasteiger partial charge on any atom is -0.480 e. The monoisotopic (exact) mass is 421 g/mol. The molecule has 1 amide bonds. The molecule has 0 bridgehead atoms. The van der Waals surface area contributed by atoms with Gasteiger partial charge in [-0.05, 0) is 31.2 Å². The highest BCUT2D eigenvalue weighted by Gasteiger charge is 2.29. The molecule has 114 valence electrons. The Morgan fingerprint density at radius 2 is 1.76 bits per heavy atom. The fourth-order valence-corrected chi connectivity index (χ4v) is 1.95.